The standard InChI is InChI=1S/C24H25N7O3/c1-16-8-9-17(23(32)29-33-2)14-20(16)26-21-19-15-25-31(18-6-4-3-5-7-18)22(19)28-24(27-21)30-10-12-34-13-11-30/h3-9,14-15H,10-13H2,1-2H3,(H,29,32)(H,26,27,28). The highest BCUT2D eigenvalue weighted by molar-refractivity contribution is 5.96. The van der Waals surface area contributed by atoms with Gasteiger partial charge in [-0.25, -0.2) is 10.2 Å². The van der Waals surface area contributed by atoms with Gasteiger partial charge < -0.3 is 15.0 Å². The molecule has 1 amide bonds. The number of aromatic nitrogens is 4. The second-order valence-electron chi connectivity index (χ2n) is 7.89. The van der Waals surface area contributed by atoms with Crippen LogP contribution in [0.15, 0.2) is 54.7 Å². The Morgan fingerprint density at radius 1 is 1.09 bits per heavy atom. The topological polar surface area (TPSA) is 106 Å². The third-order valence-corrected chi connectivity index (χ3v) is 5.66. The van der Waals surface area contributed by atoms with Gasteiger partial charge in [0.1, 0.15) is 5.82 Å². The number of amides is 1. The molecule has 0 spiro atoms. The lowest BCUT2D eigenvalue weighted by Gasteiger charge is -2.27. The third-order valence-electron chi connectivity index (χ3n) is 5.66. The highest BCUT2D eigenvalue weighted by Gasteiger charge is 2.20. The average Bonchev–Trinajstić information content (AvgIpc) is 3.31. The number of ether oxygens (including phenoxy) is 1. The highest BCUT2D eigenvalue weighted by Crippen LogP contribution is 2.30. The lowest BCUT2D eigenvalue weighted by molar-refractivity contribution is 0.0537. The Bertz CT molecular complexity index is 1320. The van der Waals surface area contributed by atoms with Crippen LogP contribution in [-0.4, -0.2) is 59.1 Å². The van der Waals surface area contributed by atoms with Crippen LogP contribution in [0.1, 0.15) is 15.9 Å². The number of hydrogen-bond donors (Lipinski definition) is 2. The van der Waals surface area contributed by atoms with Crippen LogP contribution in [0.25, 0.3) is 16.7 Å². The van der Waals surface area contributed by atoms with E-state index in [-0.39, 0.29) is 5.91 Å². The highest BCUT2D eigenvalue weighted by atomic mass is 16.6. The second-order valence-corrected chi connectivity index (χ2v) is 7.89. The summed E-state index contributed by atoms with van der Waals surface area (Å²) >= 11 is 0. The van der Waals surface area contributed by atoms with Gasteiger partial charge in [0.15, 0.2) is 5.65 Å². The predicted molar refractivity (Wildman–Crippen MR) is 129 cm³/mol. The molecule has 34 heavy (non-hydrogen) atoms. The molecule has 174 valence electrons. The van der Waals surface area contributed by atoms with Crippen molar-refractivity contribution in [1.82, 2.24) is 25.2 Å². The van der Waals surface area contributed by atoms with Crippen LogP contribution in [0.3, 0.4) is 0 Å². The SMILES string of the molecule is CONC(=O)c1ccc(C)c(Nc2nc(N3CCOCC3)nc3c2cnn3-c2ccccc2)c1. The molecule has 1 fully saturated rings. The molecule has 4 aromatic rings. The minimum atomic E-state index is -0.329. The van der Waals surface area contributed by atoms with E-state index in [1.54, 1.807) is 23.0 Å². The van der Waals surface area contributed by atoms with Gasteiger partial charge >= 0.3 is 0 Å². The number of nitrogens with zero attached hydrogens (tertiary/aromatic N) is 5. The Morgan fingerprint density at radius 2 is 1.88 bits per heavy atom. The van der Waals surface area contributed by atoms with Crippen LogP contribution >= 0.6 is 0 Å². The third kappa shape index (κ3) is 4.28. The first-order chi connectivity index (χ1) is 16.6. The van der Waals surface area contributed by atoms with Gasteiger partial charge in [-0.3, -0.25) is 9.63 Å². The molecule has 2 aromatic heterocycles. The summed E-state index contributed by atoms with van der Waals surface area (Å²) in [5.74, 6) is 0.882. The first kappa shape index (κ1) is 21.8. The average molecular weight is 460 g/mol. The largest absolute Gasteiger partial charge is 0.378 e. The fourth-order valence-electron chi connectivity index (χ4n) is 3.83. The smallest absolute Gasteiger partial charge is 0.274 e. The molecule has 2 N–H and O–H groups in total. The van der Waals surface area contributed by atoms with Crippen molar-refractivity contribution in [3.05, 3.63) is 65.9 Å². The van der Waals surface area contributed by atoms with Gasteiger partial charge in [-0.2, -0.15) is 15.1 Å². The number of hydroxylamine groups is 1. The molecule has 2 aromatic carbocycles. The number of carbonyl (C=O) groups excluding carboxylic acids is 1. The van der Waals surface area contributed by atoms with Gasteiger partial charge in [0.2, 0.25) is 5.95 Å². The van der Waals surface area contributed by atoms with Gasteiger partial charge in [0.25, 0.3) is 5.91 Å². The van der Waals surface area contributed by atoms with Crippen LogP contribution in [-0.2, 0) is 9.57 Å². The molecule has 1 aliphatic rings. The maximum absolute atomic E-state index is 12.3. The van der Waals surface area contributed by atoms with Crippen molar-refractivity contribution >= 4 is 34.4 Å². The number of rotatable bonds is 6. The molecule has 10 nitrogen and oxygen atoms in total. The number of nitrogens with one attached hydrogen (secondary N) is 2. The first-order valence-electron chi connectivity index (χ1n) is 11.0. The van der Waals surface area contributed by atoms with E-state index in [2.05, 4.69) is 20.8 Å². The van der Waals surface area contributed by atoms with E-state index < -0.39 is 0 Å². The summed E-state index contributed by atoms with van der Waals surface area (Å²) in [6.07, 6.45) is 1.75. The number of benzene rings is 2. The number of fused-ring (bicyclic) bond motifs is 1. The zero-order chi connectivity index (χ0) is 23.5. The molecule has 0 radical (unpaired) electrons. The van der Waals surface area contributed by atoms with E-state index in [1.165, 1.54) is 7.11 Å². The molecule has 0 bridgehead atoms. The number of anilines is 3. The number of para-hydroxylation sites is 1. The molecule has 3 heterocycles. The number of aryl methyl sites for hydroxylation is 1. The normalized spacial score (nSPS) is 13.8. The van der Waals surface area contributed by atoms with Crippen LogP contribution < -0.4 is 15.7 Å². The van der Waals surface area contributed by atoms with Crippen LogP contribution in [0.2, 0.25) is 0 Å². The Kier molecular flexibility index (Phi) is 6.07. The van der Waals surface area contributed by atoms with Gasteiger partial charge in [-0.05, 0) is 36.8 Å². The molecule has 0 unspecified atom stereocenters. The molecule has 10 heteroatoms. The fraction of sp³-hybridized carbons (Fsp3) is 0.250. The van der Waals surface area contributed by atoms with Crippen LogP contribution in [0.5, 0.6) is 0 Å². The number of hydrogen-bond acceptors (Lipinski definition) is 8. The van der Waals surface area contributed by atoms with E-state index in [4.69, 9.17) is 19.5 Å². The monoisotopic (exact) mass is 459 g/mol. The van der Waals surface area contributed by atoms with Crippen molar-refractivity contribution in [3.8, 4) is 5.69 Å². The van der Waals surface area contributed by atoms with E-state index in [0.717, 1.165) is 22.3 Å². The van der Waals surface area contributed by atoms with E-state index >= 15 is 0 Å². The Labute approximate surface area is 196 Å². The Balaban J connectivity index is 1.61. The molecular formula is C24H25N7O3. The molecule has 5 rings (SSSR count). The predicted octanol–water partition coefficient (Wildman–Crippen LogP) is 3.00. The molecule has 0 aliphatic carbocycles. The summed E-state index contributed by atoms with van der Waals surface area (Å²) in [6, 6.07) is 15.3. The van der Waals surface area contributed by atoms with Crippen LogP contribution in [0.4, 0.5) is 17.5 Å². The summed E-state index contributed by atoms with van der Waals surface area (Å²) in [4.78, 5) is 28.9. The molecule has 1 saturated heterocycles. The van der Waals surface area contributed by atoms with E-state index in [1.807, 2.05) is 43.3 Å². The van der Waals surface area contributed by atoms with Crippen molar-refractivity contribution in [2.24, 2.45) is 0 Å². The van der Waals surface area contributed by atoms with Gasteiger partial charge in [-0.1, -0.05) is 24.3 Å². The minimum absolute atomic E-state index is 0.329. The van der Waals surface area contributed by atoms with Crippen molar-refractivity contribution in [2.75, 3.05) is 43.6 Å². The number of carbonyl (C=O) groups is 1. The summed E-state index contributed by atoms with van der Waals surface area (Å²) in [6.45, 7) is 4.62. The molecular weight excluding hydrogens is 434 g/mol. The summed E-state index contributed by atoms with van der Waals surface area (Å²) in [5, 5.41) is 8.78. The lowest BCUT2D eigenvalue weighted by Crippen LogP contribution is -2.37. The Hall–Kier alpha value is -4.02. The van der Waals surface area contributed by atoms with Gasteiger partial charge in [-0.15, -0.1) is 0 Å². The maximum Gasteiger partial charge on any atom is 0.274 e. The van der Waals surface area contributed by atoms with Crippen LogP contribution in [0, 0.1) is 6.92 Å². The zero-order valence-corrected chi connectivity index (χ0v) is 19.0. The van der Waals surface area contributed by atoms with E-state index in [9.17, 15) is 4.79 Å². The van der Waals surface area contributed by atoms with Gasteiger partial charge in [0.05, 0.1) is 37.6 Å². The summed E-state index contributed by atoms with van der Waals surface area (Å²) in [7, 11) is 1.40. The second kappa shape index (κ2) is 9.46. The zero-order valence-electron chi connectivity index (χ0n) is 19.0. The fourth-order valence-corrected chi connectivity index (χ4v) is 3.83. The van der Waals surface area contributed by atoms with Crippen molar-refractivity contribution < 1.29 is 14.4 Å². The molecule has 1 aliphatic heterocycles. The minimum Gasteiger partial charge on any atom is -0.378 e. The first-order valence-corrected chi connectivity index (χ1v) is 11.0. The van der Waals surface area contributed by atoms with Gasteiger partial charge in [0, 0.05) is 24.3 Å². The van der Waals surface area contributed by atoms with E-state index in [0.29, 0.717) is 49.3 Å². The summed E-state index contributed by atoms with van der Waals surface area (Å²) < 4.78 is 7.31. The lowest BCUT2D eigenvalue weighted by atomic mass is 10.1. The number of morpholine rings is 1. The Morgan fingerprint density at radius 3 is 2.65 bits per heavy atom. The summed E-state index contributed by atoms with van der Waals surface area (Å²) in [5.41, 5.74) is 6.13. The molecule has 0 atom stereocenters. The maximum atomic E-state index is 12.3. The molecule has 0 saturated carbocycles. The van der Waals surface area contributed by atoms with Crippen molar-refractivity contribution in [1.29, 1.82) is 0 Å². The quantitative estimate of drug-likeness (QED) is 0.424. The van der Waals surface area contributed by atoms with Crippen molar-refractivity contribution in [2.45, 2.75) is 6.92 Å². The van der Waals surface area contributed by atoms with Crippen molar-refractivity contribution in [3.63, 3.8) is 0 Å².